The van der Waals surface area contributed by atoms with Crippen molar-refractivity contribution in [1.82, 2.24) is 10.3 Å². The average molecular weight is 428 g/mol. The van der Waals surface area contributed by atoms with Crippen LogP contribution >= 0.6 is 0 Å². The lowest BCUT2D eigenvalue weighted by molar-refractivity contribution is 0.0942. The van der Waals surface area contributed by atoms with E-state index in [9.17, 15) is 4.79 Å². The number of oxazole rings is 1. The Kier molecular flexibility index (Phi) is 5.75. The maximum absolute atomic E-state index is 12.9. The third-order valence-electron chi connectivity index (χ3n) is 5.82. The topological polar surface area (TPSA) is 67.6 Å². The lowest BCUT2D eigenvalue weighted by Crippen LogP contribution is -2.38. The van der Waals surface area contributed by atoms with E-state index in [-0.39, 0.29) is 5.91 Å². The van der Waals surface area contributed by atoms with Crippen LogP contribution in [0.2, 0.25) is 0 Å². The minimum atomic E-state index is -0.113. The standard InChI is InChI=1S/C26H25N3O3/c30-25(21-10-4-6-12-23(21)31-20-8-2-1-3-9-20)27-18-19-14-16-29(17-15-19)26-28-22-11-5-7-13-24(22)32-26/h1-13,19H,14-18H2,(H,27,30). The van der Waals surface area contributed by atoms with Crippen LogP contribution in [0, 0.1) is 5.92 Å². The number of amides is 1. The van der Waals surface area contributed by atoms with Crippen molar-refractivity contribution in [2.24, 2.45) is 5.92 Å². The summed E-state index contributed by atoms with van der Waals surface area (Å²) in [6.07, 6.45) is 1.95. The number of benzene rings is 3. The van der Waals surface area contributed by atoms with E-state index in [1.54, 1.807) is 6.07 Å². The SMILES string of the molecule is O=C(NCC1CCN(c2nc3ccccc3o2)CC1)c1ccccc1Oc1ccccc1. The van der Waals surface area contributed by atoms with Gasteiger partial charge in [-0.25, -0.2) is 0 Å². The first-order valence-electron chi connectivity index (χ1n) is 11.0. The molecule has 162 valence electrons. The molecule has 0 aliphatic carbocycles. The summed E-state index contributed by atoms with van der Waals surface area (Å²) in [7, 11) is 0. The highest BCUT2D eigenvalue weighted by atomic mass is 16.5. The van der Waals surface area contributed by atoms with Crippen LogP contribution in [0.4, 0.5) is 6.01 Å². The molecule has 1 aliphatic rings. The summed E-state index contributed by atoms with van der Waals surface area (Å²) in [6, 6.07) is 25.3. The largest absolute Gasteiger partial charge is 0.457 e. The fourth-order valence-corrected chi connectivity index (χ4v) is 4.01. The van der Waals surface area contributed by atoms with E-state index in [4.69, 9.17) is 9.15 Å². The number of carbonyl (C=O) groups is 1. The first-order chi connectivity index (χ1) is 15.8. The minimum absolute atomic E-state index is 0.113. The predicted molar refractivity (Wildman–Crippen MR) is 124 cm³/mol. The summed E-state index contributed by atoms with van der Waals surface area (Å²) in [5, 5.41) is 3.09. The number of para-hydroxylation sites is 4. The smallest absolute Gasteiger partial charge is 0.298 e. The number of aromatic nitrogens is 1. The van der Waals surface area contributed by atoms with Gasteiger partial charge in [0.25, 0.3) is 11.9 Å². The molecule has 0 saturated carbocycles. The fourth-order valence-electron chi connectivity index (χ4n) is 4.01. The van der Waals surface area contributed by atoms with Gasteiger partial charge in [0.2, 0.25) is 0 Å². The third-order valence-corrected chi connectivity index (χ3v) is 5.82. The van der Waals surface area contributed by atoms with Crippen LogP contribution in [-0.2, 0) is 0 Å². The van der Waals surface area contributed by atoms with Crippen LogP contribution in [0.15, 0.2) is 83.3 Å². The molecule has 32 heavy (non-hydrogen) atoms. The number of hydrogen-bond donors (Lipinski definition) is 1. The Morgan fingerprint density at radius 3 is 2.50 bits per heavy atom. The molecule has 0 unspecified atom stereocenters. The summed E-state index contributed by atoms with van der Waals surface area (Å²) in [6.45, 7) is 2.36. The normalized spacial score (nSPS) is 14.4. The maximum atomic E-state index is 12.9. The van der Waals surface area contributed by atoms with Gasteiger partial charge in [-0.2, -0.15) is 4.98 Å². The Morgan fingerprint density at radius 1 is 0.969 bits per heavy atom. The number of anilines is 1. The van der Waals surface area contributed by atoms with Gasteiger partial charge in [0.15, 0.2) is 5.58 Å². The van der Waals surface area contributed by atoms with E-state index in [1.165, 1.54) is 0 Å². The average Bonchev–Trinajstić information content (AvgIpc) is 3.28. The Bertz CT molecular complexity index is 1160. The van der Waals surface area contributed by atoms with E-state index in [0.717, 1.165) is 37.0 Å². The Labute approximate surface area is 186 Å². The Balaban J connectivity index is 1.16. The number of carbonyl (C=O) groups excluding carboxylic acids is 1. The number of rotatable bonds is 6. The van der Waals surface area contributed by atoms with Gasteiger partial charge in [0, 0.05) is 19.6 Å². The molecule has 5 rings (SSSR count). The van der Waals surface area contributed by atoms with Crippen LogP contribution in [0.5, 0.6) is 11.5 Å². The minimum Gasteiger partial charge on any atom is -0.457 e. The molecule has 0 spiro atoms. The van der Waals surface area contributed by atoms with Gasteiger partial charge >= 0.3 is 0 Å². The zero-order chi connectivity index (χ0) is 21.8. The first kappa shape index (κ1) is 20.1. The van der Waals surface area contributed by atoms with E-state index in [1.807, 2.05) is 72.8 Å². The Morgan fingerprint density at radius 2 is 1.69 bits per heavy atom. The van der Waals surface area contributed by atoms with Crippen molar-refractivity contribution in [2.75, 3.05) is 24.5 Å². The molecule has 0 bridgehead atoms. The second-order valence-corrected chi connectivity index (χ2v) is 8.02. The van der Waals surface area contributed by atoms with Crippen molar-refractivity contribution in [3.05, 3.63) is 84.4 Å². The molecule has 6 heteroatoms. The molecule has 3 aromatic carbocycles. The van der Waals surface area contributed by atoms with Gasteiger partial charge in [-0.05, 0) is 55.2 Å². The number of piperidine rings is 1. The lowest BCUT2D eigenvalue weighted by Gasteiger charge is -2.30. The molecule has 1 saturated heterocycles. The van der Waals surface area contributed by atoms with Crippen LogP contribution in [0.1, 0.15) is 23.2 Å². The van der Waals surface area contributed by atoms with Gasteiger partial charge in [0.1, 0.15) is 17.0 Å². The van der Waals surface area contributed by atoms with Crippen molar-refractivity contribution in [1.29, 1.82) is 0 Å². The molecule has 4 aromatic rings. The van der Waals surface area contributed by atoms with Crippen LogP contribution < -0.4 is 15.0 Å². The number of fused-ring (bicyclic) bond motifs is 1. The van der Waals surface area contributed by atoms with Gasteiger partial charge in [-0.1, -0.05) is 42.5 Å². The molecule has 1 aromatic heterocycles. The second kappa shape index (κ2) is 9.14. The highest BCUT2D eigenvalue weighted by Crippen LogP contribution is 2.27. The zero-order valence-corrected chi connectivity index (χ0v) is 17.7. The van der Waals surface area contributed by atoms with Crippen molar-refractivity contribution < 1.29 is 13.9 Å². The molecule has 1 aliphatic heterocycles. The highest BCUT2D eigenvalue weighted by molar-refractivity contribution is 5.97. The molecule has 1 fully saturated rings. The van der Waals surface area contributed by atoms with Crippen LogP contribution in [0.25, 0.3) is 11.1 Å². The number of nitrogens with one attached hydrogen (secondary N) is 1. The second-order valence-electron chi connectivity index (χ2n) is 8.02. The van der Waals surface area contributed by atoms with Gasteiger partial charge in [-0.3, -0.25) is 4.79 Å². The summed E-state index contributed by atoms with van der Waals surface area (Å²) in [5.41, 5.74) is 2.24. The van der Waals surface area contributed by atoms with Crippen LogP contribution in [-0.4, -0.2) is 30.5 Å². The molecule has 6 nitrogen and oxygen atoms in total. The van der Waals surface area contributed by atoms with E-state index < -0.39 is 0 Å². The number of ether oxygens (including phenoxy) is 1. The van der Waals surface area contributed by atoms with Gasteiger partial charge < -0.3 is 19.4 Å². The summed E-state index contributed by atoms with van der Waals surface area (Å²) in [4.78, 5) is 19.6. The van der Waals surface area contributed by atoms with Crippen molar-refractivity contribution >= 4 is 23.0 Å². The molecule has 0 radical (unpaired) electrons. The molecule has 1 N–H and O–H groups in total. The summed E-state index contributed by atoms with van der Waals surface area (Å²) in [5.74, 6) is 1.57. The third kappa shape index (κ3) is 4.44. The number of hydrogen-bond acceptors (Lipinski definition) is 5. The molecular weight excluding hydrogens is 402 g/mol. The Hall–Kier alpha value is -3.80. The maximum Gasteiger partial charge on any atom is 0.298 e. The van der Waals surface area contributed by atoms with Gasteiger partial charge in [-0.15, -0.1) is 0 Å². The molecular formula is C26H25N3O3. The predicted octanol–water partition coefficient (Wildman–Crippen LogP) is 5.27. The first-order valence-corrected chi connectivity index (χ1v) is 11.0. The number of nitrogens with zero attached hydrogens (tertiary/aromatic N) is 2. The lowest BCUT2D eigenvalue weighted by atomic mass is 9.97. The van der Waals surface area contributed by atoms with Crippen molar-refractivity contribution in [3.63, 3.8) is 0 Å². The highest BCUT2D eigenvalue weighted by Gasteiger charge is 2.23. The molecule has 0 atom stereocenters. The summed E-state index contributed by atoms with van der Waals surface area (Å²) >= 11 is 0. The van der Waals surface area contributed by atoms with Crippen molar-refractivity contribution in [2.45, 2.75) is 12.8 Å². The van der Waals surface area contributed by atoms with Crippen molar-refractivity contribution in [3.8, 4) is 11.5 Å². The van der Waals surface area contributed by atoms with E-state index in [0.29, 0.717) is 35.5 Å². The molecule has 2 heterocycles. The fraction of sp³-hybridized carbons (Fsp3) is 0.231. The van der Waals surface area contributed by atoms with Gasteiger partial charge in [0.05, 0.1) is 5.56 Å². The zero-order valence-electron chi connectivity index (χ0n) is 17.7. The monoisotopic (exact) mass is 427 g/mol. The van der Waals surface area contributed by atoms with E-state index >= 15 is 0 Å². The van der Waals surface area contributed by atoms with E-state index in [2.05, 4.69) is 15.2 Å². The molecule has 1 amide bonds. The van der Waals surface area contributed by atoms with Crippen LogP contribution in [0.3, 0.4) is 0 Å². The summed E-state index contributed by atoms with van der Waals surface area (Å²) < 4.78 is 11.8. The quantitative estimate of drug-likeness (QED) is 0.454.